The average molecular weight is 396 g/mol. The summed E-state index contributed by atoms with van der Waals surface area (Å²) in [7, 11) is 0. The van der Waals surface area contributed by atoms with Gasteiger partial charge in [0, 0.05) is 0 Å². The number of aliphatic carboxylic acids is 1. The maximum absolute atomic E-state index is 11.1. The zero-order valence-corrected chi connectivity index (χ0v) is 15.8. The van der Waals surface area contributed by atoms with Gasteiger partial charge in [-0.15, -0.1) is 0 Å². The molecule has 2 atom stereocenters. The fourth-order valence-electron chi connectivity index (χ4n) is 2.75. The molecule has 0 heterocycles. The number of aliphatic hydroxyl groups excluding tert-OH is 1. The second-order valence-electron chi connectivity index (χ2n) is 6.56. The first kappa shape index (κ1) is 20.4. The first-order valence-electron chi connectivity index (χ1n) is 9.18. The first-order chi connectivity index (χ1) is 14.0. The Labute approximate surface area is 169 Å². The number of carboxylic acid groups (broad SMARTS) is 1. The van der Waals surface area contributed by atoms with Crippen molar-refractivity contribution in [1.82, 2.24) is 0 Å². The monoisotopic (exact) mass is 396 g/mol. The molecule has 4 N–H and O–H groups in total. The Kier molecular flexibility index (Phi) is 6.84. The van der Waals surface area contributed by atoms with Crippen molar-refractivity contribution in [3.05, 3.63) is 95.6 Å². The molecule has 0 unspecified atom stereocenters. The molecular formula is C23H23NO5. The summed E-state index contributed by atoms with van der Waals surface area (Å²) in [5, 5.41) is 19.3. The molecule has 0 radical (unpaired) electrons. The van der Waals surface area contributed by atoms with E-state index in [2.05, 4.69) is 0 Å². The molecule has 0 bridgehead atoms. The van der Waals surface area contributed by atoms with Crippen molar-refractivity contribution < 1.29 is 24.5 Å². The third kappa shape index (κ3) is 5.57. The number of aliphatic hydroxyl groups is 1. The van der Waals surface area contributed by atoms with Gasteiger partial charge in [0.2, 0.25) is 0 Å². The molecule has 0 saturated heterocycles. The van der Waals surface area contributed by atoms with E-state index < -0.39 is 18.1 Å². The average Bonchev–Trinajstić information content (AvgIpc) is 2.76. The zero-order valence-electron chi connectivity index (χ0n) is 15.8. The summed E-state index contributed by atoms with van der Waals surface area (Å²) in [6, 6.07) is 22.7. The molecule has 0 aliphatic rings. The molecule has 0 fully saturated rings. The van der Waals surface area contributed by atoms with Gasteiger partial charge in [-0.3, -0.25) is 4.79 Å². The largest absolute Gasteiger partial charge is 0.485 e. The normalized spacial score (nSPS) is 12.8. The number of hydrogen-bond acceptors (Lipinski definition) is 5. The van der Waals surface area contributed by atoms with Crippen molar-refractivity contribution in [2.75, 3.05) is 0 Å². The zero-order chi connectivity index (χ0) is 20.6. The van der Waals surface area contributed by atoms with Crippen LogP contribution in [-0.2, 0) is 18.0 Å². The lowest BCUT2D eigenvalue weighted by atomic mass is 10.1. The molecule has 3 aromatic rings. The van der Waals surface area contributed by atoms with Gasteiger partial charge < -0.3 is 25.4 Å². The molecule has 0 aromatic heterocycles. The Balaban J connectivity index is 1.82. The van der Waals surface area contributed by atoms with Gasteiger partial charge in [0.05, 0.1) is 0 Å². The van der Waals surface area contributed by atoms with Crippen LogP contribution in [0.2, 0.25) is 0 Å². The van der Waals surface area contributed by atoms with Crippen LogP contribution in [0.3, 0.4) is 0 Å². The predicted molar refractivity (Wildman–Crippen MR) is 109 cm³/mol. The van der Waals surface area contributed by atoms with Crippen LogP contribution in [-0.4, -0.2) is 22.2 Å². The lowest BCUT2D eigenvalue weighted by molar-refractivity contribution is -0.141. The summed E-state index contributed by atoms with van der Waals surface area (Å²) in [5.74, 6) is -0.391. The second kappa shape index (κ2) is 9.73. The summed E-state index contributed by atoms with van der Waals surface area (Å²) in [4.78, 5) is 11.1. The van der Waals surface area contributed by atoms with Gasteiger partial charge in [-0.1, -0.05) is 66.7 Å². The van der Waals surface area contributed by atoms with E-state index in [-0.39, 0.29) is 0 Å². The summed E-state index contributed by atoms with van der Waals surface area (Å²) < 4.78 is 11.8. The Bertz CT molecular complexity index is 931. The van der Waals surface area contributed by atoms with Crippen LogP contribution in [0.1, 0.15) is 22.8 Å². The van der Waals surface area contributed by atoms with Crippen LogP contribution in [0.15, 0.2) is 78.9 Å². The number of nitrogens with two attached hydrogens (primary N) is 1. The van der Waals surface area contributed by atoms with Crippen LogP contribution in [0.4, 0.5) is 0 Å². The first-order valence-corrected chi connectivity index (χ1v) is 9.18. The van der Waals surface area contributed by atoms with Crippen LogP contribution in [0, 0.1) is 0 Å². The minimum atomic E-state index is -1.44. The smallest absolute Gasteiger partial charge is 0.323 e. The van der Waals surface area contributed by atoms with E-state index >= 15 is 0 Å². The second-order valence-corrected chi connectivity index (χ2v) is 6.56. The van der Waals surface area contributed by atoms with E-state index in [1.807, 2.05) is 60.7 Å². The van der Waals surface area contributed by atoms with Crippen molar-refractivity contribution >= 4 is 5.97 Å². The fraction of sp³-hybridized carbons (Fsp3) is 0.174. The highest BCUT2D eigenvalue weighted by Crippen LogP contribution is 2.32. The van der Waals surface area contributed by atoms with Crippen molar-refractivity contribution in [3.63, 3.8) is 0 Å². The number of ether oxygens (including phenoxy) is 2. The number of benzene rings is 3. The Morgan fingerprint density at radius 2 is 1.34 bits per heavy atom. The van der Waals surface area contributed by atoms with Crippen LogP contribution in [0.5, 0.6) is 11.5 Å². The maximum Gasteiger partial charge on any atom is 0.323 e. The molecule has 150 valence electrons. The molecule has 3 rings (SSSR count). The van der Waals surface area contributed by atoms with Crippen molar-refractivity contribution in [2.45, 2.75) is 25.4 Å². The van der Waals surface area contributed by atoms with Gasteiger partial charge in [-0.05, 0) is 28.8 Å². The highest BCUT2D eigenvalue weighted by Gasteiger charge is 2.24. The minimum absolute atomic E-state index is 0.299. The molecule has 6 heteroatoms. The maximum atomic E-state index is 11.1. The summed E-state index contributed by atoms with van der Waals surface area (Å²) in [6.07, 6.45) is -1.37. The van der Waals surface area contributed by atoms with Gasteiger partial charge in [-0.2, -0.15) is 0 Å². The lowest BCUT2D eigenvalue weighted by Crippen LogP contribution is -2.36. The van der Waals surface area contributed by atoms with Gasteiger partial charge in [-0.25, -0.2) is 0 Å². The van der Waals surface area contributed by atoms with E-state index in [9.17, 15) is 9.90 Å². The van der Waals surface area contributed by atoms with Gasteiger partial charge in [0.25, 0.3) is 0 Å². The predicted octanol–water partition coefficient (Wildman–Crippen LogP) is 3.29. The van der Waals surface area contributed by atoms with E-state index in [1.165, 1.54) is 0 Å². The standard InChI is InChI=1S/C23H23NO5/c24-21(23(26)27)22(25)18-11-12-19(28-14-16-7-3-1-4-8-16)20(13-18)29-15-17-9-5-2-6-10-17/h1-13,21-22,25H,14-15,24H2,(H,26,27)/t21-,22-/m0/s1/i21+1,23+1,24+1. The van der Waals surface area contributed by atoms with E-state index in [1.54, 1.807) is 18.2 Å². The molecule has 6 nitrogen and oxygen atoms in total. The van der Waals surface area contributed by atoms with Gasteiger partial charge in [0.1, 0.15) is 25.4 Å². The topological polar surface area (TPSA) is 102 Å². The van der Waals surface area contributed by atoms with E-state index in [0.29, 0.717) is 30.3 Å². The summed E-state index contributed by atoms with van der Waals surface area (Å²) in [6.45, 7) is 0.645. The Morgan fingerprint density at radius 3 is 1.86 bits per heavy atom. The summed E-state index contributed by atoms with van der Waals surface area (Å²) >= 11 is 0. The molecule has 0 aliphatic carbocycles. The Morgan fingerprint density at radius 1 is 0.828 bits per heavy atom. The third-order valence-electron chi connectivity index (χ3n) is 4.41. The Hall–Kier alpha value is -3.35. The SMILES string of the molecule is [15NH2][13C@@H]([C@@H](O)c1ccc(OCc2ccccc2)c(OCc2ccccc2)c1)[13C](=O)O. The lowest BCUT2D eigenvalue weighted by Gasteiger charge is -2.18. The van der Waals surface area contributed by atoms with Gasteiger partial charge in [0.15, 0.2) is 11.5 Å². The quantitative estimate of drug-likeness (QED) is 0.379. The fourth-order valence-corrected chi connectivity index (χ4v) is 2.75. The minimum Gasteiger partial charge on any atom is -0.485 e. The van der Waals surface area contributed by atoms with Crippen molar-refractivity contribution in [2.24, 2.45) is 5.73 Å². The molecule has 0 aliphatic heterocycles. The molecule has 0 saturated carbocycles. The number of carboxylic acids is 1. The van der Waals surface area contributed by atoms with Crippen molar-refractivity contribution in [3.8, 4) is 11.5 Å². The van der Waals surface area contributed by atoms with E-state index in [4.69, 9.17) is 20.3 Å². The molecule has 3 aromatic carbocycles. The highest BCUT2D eigenvalue weighted by atomic mass is 16.5. The van der Waals surface area contributed by atoms with E-state index in [0.717, 1.165) is 11.1 Å². The summed E-state index contributed by atoms with van der Waals surface area (Å²) in [5.41, 5.74) is 7.87. The number of rotatable bonds is 9. The molecule has 0 amide bonds. The van der Waals surface area contributed by atoms with Crippen molar-refractivity contribution in [1.29, 1.82) is 0 Å². The highest BCUT2D eigenvalue weighted by molar-refractivity contribution is 5.74. The van der Waals surface area contributed by atoms with Crippen LogP contribution < -0.4 is 15.2 Å². The molecule has 0 spiro atoms. The van der Waals surface area contributed by atoms with Crippen LogP contribution >= 0.6 is 0 Å². The number of hydrogen-bond donors (Lipinski definition) is 3. The van der Waals surface area contributed by atoms with Gasteiger partial charge >= 0.3 is 5.97 Å². The molecule has 29 heavy (non-hydrogen) atoms. The molecular weight excluding hydrogens is 373 g/mol. The van der Waals surface area contributed by atoms with Crippen LogP contribution in [0.25, 0.3) is 0 Å². The number of carbonyl (C=O) groups is 1. The third-order valence-corrected chi connectivity index (χ3v) is 4.41.